The third-order valence-electron chi connectivity index (χ3n) is 5.00. The number of carbonyl (C=O) groups is 2. The Morgan fingerprint density at radius 2 is 1.89 bits per heavy atom. The van der Waals surface area contributed by atoms with E-state index in [-0.39, 0.29) is 30.2 Å². The molecule has 4 rings (SSSR count). The van der Waals surface area contributed by atoms with Gasteiger partial charge < -0.3 is 9.30 Å². The molecule has 0 aliphatic heterocycles. The number of nitrogens with zero attached hydrogens (tertiary/aromatic N) is 1. The number of fused-ring (bicyclic) bond motifs is 3. The van der Waals surface area contributed by atoms with Crippen LogP contribution in [0.1, 0.15) is 33.6 Å². The number of carbonyl (C=O) groups excluding carboxylic acids is 2. The van der Waals surface area contributed by atoms with Gasteiger partial charge >= 0.3 is 10.8 Å². The van der Waals surface area contributed by atoms with Crippen molar-refractivity contribution in [1.82, 2.24) is 4.57 Å². The second-order valence-corrected chi connectivity index (χ2v) is 7.65. The lowest BCUT2D eigenvalue weighted by Gasteiger charge is -2.07. The molecule has 1 aliphatic rings. The zero-order chi connectivity index (χ0) is 19.7. The molecule has 28 heavy (non-hydrogen) atoms. The highest BCUT2D eigenvalue weighted by Crippen LogP contribution is 2.36. The molecule has 6 heteroatoms. The van der Waals surface area contributed by atoms with E-state index in [1.54, 1.807) is 11.4 Å². The van der Waals surface area contributed by atoms with E-state index in [9.17, 15) is 14.4 Å². The van der Waals surface area contributed by atoms with Crippen LogP contribution in [0.25, 0.3) is 11.1 Å². The molecule has 1 aliphatic carbocycles. The minimum atomic E-state index is -0.489. The summed E-state index contributed by atoms with van der Waals surface area (Å²) in [6, 6.07) is 13.8. The van der Waals surface area contributed by atoms with Crippen LogP contribution >= 0.6 is 11.3 Å². The molecule has 0 saturated carbocycles. The summed E-state index contributed by atoms with van der Waals surface area (Å²) in [4.78, 5) is 36.0. The molecular formula is C22H19NO4S. The van der Waals surface area contributed by atoms with Gasteiger partial charge in [0.15, 0.2) is 12.4 Å². The summed E-state index contributed by atoms with van der Waals surface area (Å²) in [6.45, 7) is 1.78. The average molecular weight is 393 g/mol. The Bertz CT molecular complexity index is 1130. The van der Waals surface area contributed by atoms with E-state index in [2.05, 4.69) is 12.1 Å². The second-order valence-electron chi connectivity index (χ2n) is 6.83. The fraction of sp³-hybridized carbons (Fsp3) is 0.227. The summed E-state index contributed by atoms with van der Waals surface area (Å²) < 4.78 is 6.66. The van der Waals surface area contributed by atoms with Gasteiger partial charge in [0.05, 0.1) is 6.42 Å². The van der Waals surface area contributed by atoms with Gasteiger partial charge in [0.2, 0.25) is 0 Å². The number of thiazole rings is 1. The van der Waals surface area contributed by atoms with Gasteiger partial charge in [0.1, 0.15) is 0 Å². The first kappa shape index (κ1) is 18.4. The zero-order valence-corrected chi connectivity index (χ0v) is 16.3. The molecule has 5 nitrogen and oxygen atoms in total. The maximum Gasteiger partial charge on any atom is 0.308 e. The number of Topliss-reactive ketones (excluding diaryl/α,β-unsaturated/α-hetero) is 1. The van der Waals surface area contributed by atoms with Crippen LogP contribution in [-0.4, -0.2) is 22.9 Å². The number of benzene rings is 2. The number of ether oxygens (including phenoxy) is 1. The van der Waals surface area contributed by atoms with Crippen LogP contribution < -0.4 is 4.87 Å². The van der Waals surface area contributed by atoms with Gasteiger partial charge in [-0.25, -0.2) is 0 Å². The largest absolute Gasteiger partial charge is 0.457 e. The molecule has 0 radical (unpaired) electrons. The van der Waals surface area contributed by atoms with Crippen molar-refractivity contribution >= 4 is 23.1 Å². The zero-order valence-electron chi connectivity index (χ0n) is 15.4. The standard InChI is InChI=1S/C22H19NO4S/c1-14-13-28-22(26)23(14)9-8-21(25)27-12-20(24)17-7-6-16-10-15-4-2-3-5-18(15)19(16)11-17/h2-7,11,13H,8-10,12H2,1H3. The van der Waals surface area contributed by atoms with Crippen LogP contribution in [0.15, 0.2) is 52.6 Å². The van der Waals surface area contributed by atoms with Gasteiger partial charge in [-0.3, -0.25) is 14.4 Å². The third-order valence-corrected chi connectivity index (χ3v) is 5.88. The summed E-state index contributed by atoms with van der Waals surface area (Å²) in [5, 5.41) is 1.75. The number of ketones is 1. The van der Waals surface area contributed by atoms with E-state index >= 15 is 0 Å². The van der Waals surface area contributed by atoms with Gasteiger partial charge in [-0.15, -0.1) is 0 Å². The number of aryl methyl sites for hydroxylation is 1. The van der Waals surface area contributed by atoms with Gasteiger partial charge in [-0.1, -0.05) is 47.7 Å². The Kier molecular flexibility index (Phi) is 4.96. The number of aromatic nitrogens is 1. The first-order valence-electron chi connectivity index (χ1n) is 9.08. The van der Waals surface area contributed by atoms with Crippen molar-refractivity contribution in [3.05, 3.63) is 79.9 Å². The topological polar surface area (TPSA) is 65.4 Å². The minimum Gasteiger partial charge on any atom is -0.457 e. The summed E-state index contributed by atoms with van der Waals surface area (Å²) in [7, 11) is 0. The van der Waals surface area contributed by atoms with Crippen LogP contribution in [-0.2, 0) is 22.5 Å². The summed E-state index contributed by atoms with van der Waals surface area (Å²) in [5.74, 6) is -0.721. The summed E-state index contributed by atoms with van der Waals surface area (Å²) in [5.41, 5.74) is 6.03. The Labute approximate surface area is 166 Å². The fourth-order valence-electron chi connectivity index (χ4n) is 3.48. The smallest absolute Gasteiger partial charge is 0.308 e. The lowest BCUT2D eigenvalue weighted by atomic mass is 10.0. The predicted octanol–water partition coefficient (Wildman–Crippen LogP) is 3.61. The highest BCUT2D eigenvalue weighted by Gasteiger charge is 2.20. The SMILES string of the molecule is Cc1csc(=O)n1CCC(=O)OCC(=O)c1ccc2c(c1)-c1ccccc1C2. The average Bonchev–Trinajstić information content (AvgIpc) is 3.23. The molecule has 0 bridgehead atoms. The lowest BCUT2D eigenvalue weighted by Crippen LogP contribution is -2.19. The van der Waals surface area contributed by atoms with E-state index < -0.39 is 5.97 Å². The van der Waals surface area contributed by atoms with E-state index in [1.165, 1.54) is 15.7 Å². The van der Waals surface area contributed by atoms with Crippen LogP contribution in [0.4, 0.5) is 0 Å². The quantitative estimate of drug-likeness (QED) is 0.371. The molecule has 0 N–H and O–H groups in total. The highest BCUT2D eigenvalue weighted by molar-refractivity contribution is 7.07. The van der Waals surface area contributed by atoms with Crippen molar-refractivity contribution in [2.45, 2.75) is 26.3 Å². The van der Waals surface area contributed by atoms with Crippen LogP contribution in [0.2, 0.25) is 0 Å². The molecule has 0 fully saturated rings. The number of rotatable bonds is 6. The third kappa shape index (κ3) is 3.55. The van der Waals surface area contributed by atoms with E-state index in [1.807, 2.05) is 31.2 Å². The van der Waals surface area contributed by atoms with Gasteiger partial charge in [0, 0.05) is 23.2 Å². The Morgan fingerprint density at radius 3 is 2.68 bits per heavy atom. The fourth-order valence-corrected chi connectivity index (χ4v) is 4.24. The molecule has 0 amide bonds. The van der Waals surface area contributed by atoms with Crippen molar-refractivity contribution < 1.29 is 14.3 Å². The summed E-state index contributed by atoms with van der Waals surface area (Å²) in [6.07, 6.45) is 0.929. The van der Waals surface area contributed by atoms with Gasteiger partial charge in [0.25, 0.3) is 0 Å². The van der Waals surface area contributed by atoms with Crippen molar-refractivity contribution in [2.24, 2.45) is 0 Å². The van der Waals surface area contributed by atoms with Gasteiger partial charge in [-0.2, -0.15) is 0 Å². The molecule has 0 unspecified atom stereocenters. The van der Waals surface area contributed by atoms with Crippen molar-refractivity contribution in [3.8, 4) is 11.1 Å². The lowest BCUT2D eigenvalue weighted by molar-refractivity contribution is -0.142. The highest BCUT2D eigenvalue weighted by atomic mass is 32.1. The molecule has 1 heterocycles. The number of esters is 1. The molecule has 3 aromatic rings. The summed E-state index contributed by atoms with van der Waals surface area (Å²) >= 11 is 1.10. The van der Waals surface area contributed by atoms with Gasteiger partial charge in [-0.05, 0) is 41.7 Å². The second kappa shape index (κ2) is 7.56. The molecule has 0 atom stereocenters. The maximum atomic E-state index is 12.5. The van der Waals surface area contributed by atoms with E-state index in [0.717, 1.165) is 34.6 Å². The minimum absolute atomic E-state index is 0.0579. The normalized spacial score (nSPS) is 11.8. The van der Waals surface area contributed by atoms with Crippen molar-refractivity contribution in [2.75, 3.05) is 6.61 Å². The molecule has 1 aromatic heterocycles. The first-order valence-corrected chi connectivity index (χ1v) is 9.96. The molecule has 142 valence electrons. The number of hydrogen-bond acceptors (Lipinski definition) is 5. The Hall–Kier alpha value is -2.99. The number of hydrogen-bond donors (Lipinski definition) is 0. The monoisotopic (exact) mass is 393 g/mol. The first-order chi connectivity index (χ1) is 13.5. The maximum absolute atomic E-state index is 12.5. The van der Waals surface area contributed by atoms with Crippen LogP contribution in [0.3, 0.4) is 0 Å². The Morgan fingerprint density at radius 1 is 1.11 bits per heavy atom. The van der Waals surface area contributed by atoms with Crippen LogP contribution in [0.5, 0.6) is 0 Å². The molecule has 2 aromatic carbocycles. The predicted molar refractivity (Wildman–Crippen MR) is 108 cm³/mol. The molecule has 0 saturated heterocycles. The van der Waals surface area contributed by atoms with Crippen LogP contribution in [0, 0.1) is 6.92 Å². The molecular weight excluding hydrogens is 374 g/mol. The van der Waals surface area contributed by atoms with Crippen molar-refractivity contribution in [3.63, 3.8) is 0 Å². The molecule has 0 spiro atoms. The van der Waals surface area contributed by atoms with E-state index in [0.29, 0.717) is 5.56 Å². The van der Waals surface area contributed by atoms with E-state index in [4.69, 9.17) is 4.74 Å². The van der Waals surface area contributed by atoms with Crippen molar-refractivity contribution in [1.29, 1.82) is 0 Å². The Balaban J connectivity index is 1.37.